The van der Waals surface area contributed by atoms with E-state index in [2.05, 4.69) is 5.32 Å². The first-order valence-corrected chi connectivity index (χ1v) is 6.62. The fourth-order valence-electron chi connectivity index (χ4n) is 1.94. The first-order chi connectivity index (χ1) is 9.67. The van der Waals surface area contributed by atoms with Gasteiger partial charge in [-0.2, -0.15) is 0 Å². The summed E-state index contributed by atoms with van der Waals surface area (Å²) in [5.74, 6) is 0.785. The molecule has 1 amide bonds. The molecule has 0 heterocycles. The average Bonchev–Trinajstić information content (AvgIpc) is 2.47. The summed E-state index contributed by atoms with van der Waals surface area (Å²) in [6.45, 7) is 2.61. The number of hydrogen-bond donors (Lipinski definition) is 1. The van der Waals surface area contributed by atoms with Gasteiger partial charge < -0.3 is 10.1 Å². The number of methoxy groups -OCH3 is 1. The Bertz CT molecular complexity index is 576. The Morgan fingerprint density at radius 1 is 1.10 bits per heavy atom. The average molecular weight is 269 g/mol. The molecule has 0 aliphatic heterocycles. The first kappa shape index (κ1) is 14.1. The molecule has 0 bridgehead atoms. The highest BCUT2D eigenvalue weighted by molar-refractivity contribution is 5.78. The highest BCUT2D eigenvalue weighted by Crippen LogP contribution is 2.13. The van der Waals surface area contributed by atoms with E-state index in [9.17, 15) is 4.79 Å². The van der Waals surface area contributed by atoms with Gasteiger partial charge >= 0.3 is 0 Å². The largest absolute Gasteiger partial charge is 0.497 e. The van der Waals surface area contributed by atoms with Gasteiger partial charge in [-0.3, -0.25) is 4.79 Å². The lowest BCUT2D eigenvalue weighted by Gasteiger charge is -2.07. The van der Waals surface area contributed by atoms with E-state index in [1.807, 2.05) is 55.5 Å². The van der Waals surface area contributed by atoms with E-state index < -0.39 is 0 Å². The monoisotopic (exact) mass is 269 g/mol. The second-order valence-corrected chi connectivity index (χ2v) is 4.79. The molecule has 0 saturated carbocycles. The summed E-state index contributed by atoms with van der Waals surface area (Å²) in [7, 11) is 1.62. The smallest absolute Gasteiger partial charge is 0.224 e. The number of benzene rings is 2. The highest BCUT2D eigenvalue weighted by atomic mass is 16.5. The molecule has 104 valence electrons. The summed E-state index contributed by atoms with van der Waals surface area (Å²) in [5.41, 5.74) is 3.27. The summed E-state index contributed by atoms with van der Waals surface area (Å²) in [6.07, 6.45) is 0.364. The molecule has 0 aliphatic rings. The van der Waals surface area contributed by atoms with Crippen molar-refractivity contribution >= 4 is 5.91 Å². The third-order valence-corrected chi connectivity index (χ3v) is 3.11. The van der Waals surface area contributed by atoms with Gasteiger partial charge in [-0.15, -0.1) is 0 Å². The van der Waals surface area contributed by atoms with E-state index in [1.165, 1.54) is 5.56 Å². The van der Waals surface area contributed by atoms with Gasteiger partial charge in [-0.1, -0.05) is 42.0 Å². The zero-order valence-corrected chi connectivity index (χ0v) is 11.8. The molecule has 1 N–H and O–H groups in total. The van der Waals surface area contributed by atoms with Crippen molar-refractivity contribution in [3.05, 3.63) is 65.2 Å². The fourth-order valence-corrected chi connectivity index (χ4v) is 1.94. The summed E-state index contributed by atoms with van der Waals surface area (Å²) in [6, 6.07) is 15.7. The highest BCUT2D eigenvalue weighted by Gasteiger charge is 2.04. The van der Waals surface area contributed by atoms with Crippen molar-refractivity contribution in [2.45, 2.75) is 19.9 Å². The van der Waals surface area contributed by atoms with Crippen LogP contribution in [0.2, 0.25) is 0 Å². The van der Waals surface area contributed by atoms with Gasteiger partial charge in [0.2, 0.25) is 5.91 Å². The van der Waals surface area contributed by atoms with Crippen LogP contribution in [0.25, 0.3) is 0 Å². The van der Waals surface area contributed by atoms with E-state index >= 15 is 0 Å². The van der Waals surface area contributed by atoms with Crippen LogP contribution in [-0.4, -0.2) is 13.0 Å². The number of nitrogens with one attached hydrogen (secondary N) is 1. The van der Waals surface area contributed by atoms with E-state index in [1.54, 1.807) is 7.11 Å². The normalized spacial score (nSPS) is 10.1. The Hall–Kier alpha value is -2.29. The molecule has 3 nitrogen and oxygen atoms in total. The van der Waals surface area contributed by atoms with Crippen LogP contribution in [0.5, 0.6) is 5.75 Å². The number of ether oxygens (including phenoxy) is 1. The molecule has 0 radical (unpaired) electrons. The third-order valence-electron chi connectivity index (χ3n) is 3.11. The van der Waals surface area contributed by atoms with Gasteiger partial charge in [-0.05, 0) is 30.2 Å². The van der Waals surface area contributed by atoms with Crippen molar-refractivity contribution in [2.75, 3.05) is 7.11 Å². The molecule has 0 spiro atoms. The fraction of sp³-hybridized carbons (Fsp3) is 0.235. The van der Waals surface area contributed by atoms with Crippen molar-refractivity contribution in [2.24, 2.45) is 0 Å². The van der Waals surface area contributed by atoms with Crippen LogP contribution >= 0.6 is 0 Å². The number of hydrogen-bond acceptors (Lipinski definition) is 2. The molecule has 0 aliphatic carbocycles. The molecule has 2 aromatic rings. The summed E-state index contributed by atoms with van der Waals surface area (Å²) < 4.78 is 5.15. The Morgan fingerprint density at radius 3 is 2.55 bits per heavy atom. The summed E-state index contributed by atoms with van der Waals surface area (Å²) in [5, 5.41) is 2.92. The van der Waals surface area contributed by atoms with Crippen LogP contribution in [0.1, 0.15) is 16.7 Å². The molecule has 3 heteroatoms. The Kier molecular flexibility index (Phi) is 4.77. The second kappa shape index (κ2) is 6.75. The molecule has 2 rings (SSSR count). The summed E-state index contributed by atoms with van der Waals surface area (Å²) >= 11 is 0. The van der Waals surface area contributed by atoms with Crippen LogP contribution in [0.15, 0.2) is 48.5 Å². The van der Waals surface area contributed by atoms with E-state index in [0.717, 1.165) is 16.9 Å². The van der Waals surface area contributed by atoms with Gasteiger partial charge in [0, 0.05) is 6.54 Å². The summed E-state index contributed by atoms with van der Waals surface area (Å²) in [4.78, 5) is 11.9. The van der Waals surface area contributed by atoms with Crippen molar-refractivity contribution < 1.29 is 9.53 Å². The third kappa shape index (κ3) is 4.12. The predicted octanol–water partition coefficient (Wildman–Crippen LogP) is 2.86. The van der Waals surface area contributed by atoms with Gasteiger partial charge in [-0.25, -0.2) is 0 Å². The van der Waals surface area contributed by atoms with Crippen LogP contribution in [-0.2, 0) is 17.8 Å². The topological polar surface area (TPSA) is 38.3 Å². The standard InChI is InChI=1S/C17H19NO2/c1-13-6-8-14(9-7-13)12-18-17(19)11-15-4-3-5-16(10-15)20-2/h3-10H,11-12H2,1-2H3,(H,18,19). The molecule has 0 fully saturated rings. The van der Waals surface area contributed by atoms with E-state index in [4.69, 9.17) is 4.74 Å². The molecule has 0 unspecified atom stereocenters. The predicted molar refractivity (Wildman–Crippen MR) is 79.7 cm³/mol. The first-order valence-electron chi connectivity index (χ1n) is 6.62. The van der Waals surface area contributed by atoms with E-state index in [0.29, 0.717) is 13.0 Å². The van der Waals surface area contributed by atoms with Crippen LogP contribution in [0.4, 0.5) is 0 Å². The Balaban J connectivity index is 1.87. The Morgan fingerprint density at radius 2 is 1.85 bits per heavy atom. The molecular formula is C17H19NO2. The zero-order valence-electron chi connectivity index (χ0n) is 11.8. The molecule has 2 aromatic carbocycles. The minimum atomic E-state index is 0.0128. The van der Waals surface area contributed by atoms with Gasteiger partial charge in [0.1, 0.15) is 5.75 Å². The SMILES string of the molecule is COc1cccc(CC(=O)NCc2ccc(C)cc2)c1. The molecule has 20 heavy (non-hydrogen) atoms. The minimum Gasteiger partial charge on any atom is -0.497 e. The number of amides is 1. The van der Waals surface area contributed by atoms with E-state index in [-0.39, 0.29) is 5.91 Å². The quantitative estimate of drug-likeness (QED) is 0.906. The van der Waals surface area contributed by atoms with Crippen molar-refractivity contribution in [3.8, 4) is 5.75 Å². The molecule has 0 aromatic heterocycles. The number of carbonyl (C=O) groups excluding carboxylic acids is 1. The molecular weight excluding hydrogens is 250 g/mol. The zero-order chi connectivity index (χ0) is 14.4. The second-order valence-electron chi connectivity index (χ2n) is 4.79. The molecule has 0 saturated heterocycles. The lowest BCUT2D eigenvalue weighted by Crippen LogP contribution is -2.24. The Labute approximate surface area is 119 Å². The van der Waals surface area contributed by atoms with Crippen molar-refractivity contribution in [1.82, 2.24) is 5.32 Å². The van der Waals surface area contributed by atoms with Crippen molar-refractivity contribution in [3.63, 3.8) is 0 Å². The van der Waals surface area contributed by atoms with Gasteiger partial charge in [0.15, 0.2) is 0 Å². The molecule has 0 atom stereocenters. The number of rotatable bonds is 5. The van der Waals surface area contributed by atoms with Crippen LogP contribution in [0, 0.1) is 6.92 Å². The minimum absolute atomic E-state index is 0.0128. The maximum atomic E-state index is 11.9. The number of carbonyl (C=O) groups is 1. The lowest BCUT2D eigenvalue weighted by molar-refractivity contribution is -0.120. The lowest BCUT2D eigenvalue weighted by atomic mass is 10.1. The van der Waals surface area contributed by atoms with Gasteiger partial charge in [0.05, 0.1) is 13.5 Å². The van der Waals surface area contributed by atoms with Crippen LogP contribution < -0.4 is 10.1 Å². The number of aryl methyl sites for hydroxylation is 1. The van der Waals surface area contributed by atoms with Crippen LogP contribution in [0.3, 0.4) is 0 Å². The maximum absolute atomic E-state index is 11.9. The van der Waals surface area contributed by atoms with Gasteiger partial charge in [0.25, 0.3) is 0 Å². The maximum Gasteiger partial charge on any atom is 0.224 e. The van der Waals surface area contributed by atoms with Crippen molar-refractivity contribution in [1.29, 1.82) is 0 Å².